The molecule has 0 unspecified atom stereocenters. The zero-order valence-electron chi connectivity index (χ0n) is 17.8. The van der Waals surface area contributed by atoms with Crippen LogP contribution in [0.3, 0.4) is 0 Å². The van der Waals surface area contributed by atoms with E-state index in [2.05, 4.69) is 5.32 Å². The second-order valence-electron chi connectivity index (χ2n) is 7.50. The van der Waals surface area contributed by atoms with Crippen LogP contribution in [0.15, 0.2) is 47.4 Å². The summed E-state index contributed by atoms with van der Waals surface area (Å²) in [4.78, 5) is 28.3. The van der Waals surface area contributed by atoms with Crippen LogP contribution in [0.1, 0.15) is 39.2 Å². The average molecular weight is 502 g/mol. The average Bonchev–Trinajstić information content (AvgIpc) is 2.71. The highest BCUT2D eigenvalue weighted by Gasteiger charge is 2.26. The molecular weight excluding hydrogens is 475 g/mol. The quantitative estimate of drug-likeness (QED) is 0.300. The number of hydrogen-bond donors (Lipinski definition) is 1. The fourth-order valence-electron chi connectivity index (χ4n) is 2.91. The number of thioether (sulfide) groups is 1. The van der Waals surface area contributed by atoms with E-state index >= 15 is 0 Å². The fraction of sp³-hybridized carbons (Fsp3) is 0.391. The molecule has 0 aliphatic heterocycles. The monoisotopic (exact) mass is 500 g/mol. The number of amides is 2. The largest absolute Gasteiger partial charge is 0.352 e. The zero-order chi connectivity index (χ0) is 23.0. The Morgan fingerprint density at radius 1 is 1.00 bits per heavy atom. The summed E-state index contributed by atoms with van der Waals surface area (Å²) in [5.74, 6) is 0.508. The maximum atomic E-state index is 13.1. The third-order valence-corrected chi connectivity index (χ3v) is 6.51. The minimum atomic E-state index is -0.620. The van der Waals surface area contributed by atoms with E-state index < -0.39 is 6.04 Å². The molecule has 0 spiro atoms. The van der Waals surface area contributed by atoms with Crippen molar-refractivity contribution in [1.82, 2.24) is 10.2 Å². The lowest BCUT2D eigenvalue weighted by Crippen LogP contribution is -2.49. The first kappa shape index (κ1) is 25.9. The smallest absolute Gasteiger partial charge is 0.242 e. The SMILES string of the molecule is CC(C)NC(=O)[C@H](C)N(Cc1ccc(Cl)cc1Cl)C(=O)CCCSc1ccc(Cl)cc1. The minimum Gasteiger partial charge on any atom is -0.352 e. The lowest BCUT2D eigenvalue weighted by Gasteiger charge is -2.29. The van der Waals surface area contributed by atoms with E-state index in [1.807, 2.05) is 38.1 Å². The van der Waals surface area contributed by atoms with E-state index in [0.717, 1.165) is 16.2 Å². The van der Waals surface area contributed by atoms with Gasteiger partial charge in [0.25, 0.3) is 0 Å². The lowest BCUT2D eigenvalue weighted by atomic mass is 10.1. The molecule has 0 saturated carbocycles. The highest BCUT2D eigenvalue weighted by molar-refractivity contribution is 7.99. The zero-order valence-corrected chi connectivity index (χ0v) is 20.9. The van der Waals surface area contributed by atoms with Gasteiger partial charge in [-0.05, 0) is 74.9 Å². The van der Waals surface area contributed by atoms with Crippen molar-refractivity contribution in [1.29, 1.82) is 0 Å². The summed E-state index contributed by atoms with van der Waals surface area (Å²) in [5.41, 5.74) is 0.749. The first-order chi connectivity index (χ1) is 14.7. The summed E-state index contributed by atoms with van der Waals surface area (Å²) in [5, 5.41) is 4.57. The Hall–Kier alpha value is -1.40. The maximum Gasteiger partial charge on any atom is 0.242 e. The van der Waals surface area contributed by atoms with E-state index in [1.165, 1.54) is 0 Å². The summed E-state index contributed by atoms with van der Waals surface area (Å²) < 4.78 is 0. The number of nitrogens with zero attached hydrogens (tertiary/aromatic N) is 1. The lowest BCUT2D eigenvalue weighted by molar-refractivity contribution is -0.140. The molecule has 0 saturated heterocycles. The third kappa shape index (κ3) is 8.57. The number of hydrogen-bond acceptors (Lipinski definition) is 3. The molecular formula is C23H27Cl3N2O2S. The molecule has 1 N–H and O–H groups in total. The Balaban J connectivity index is 2.04. The predicted molar refractivity (Wildman–Crippen MR) is 131 cm³/mol. The van der Waals surface area contributed by atoms with Gasteiger partial charge in [-0.1, -0.05) is 40.9 Å². The Labute approximate surface area is 203 Å². The van der Waals surface area contributed by atoms with Gasteiger partial charge in [-0.3, -0.25) is 9.59 Å². The van der Waals surface area contributed by atoms with Gasteiger partial charge >= 0.3 is 0 Å². The van der Waals surface area contributed by atoms with Crippen LogP contribution in [0.2, 0.25) is 15.1 Å². The normalized spacial score (nSPS) is 12.0. The van der Waals surface area contributed by atoms with Crippen molar-refractivity contribution in [2.45, 2.75) is 57.1 Å². The standard InChI is InChI=1S/C23H27Cl3N2O2S/c1-15(2)27-23(30)16(3)28(14-17-6-7-19(25)13-21(17)26)22(29)5-4-12-31-20-10-8-18(24)9-11-20/h6-11,13,15-16H,4-5,12,14H2,1-3H3,(H,27,30)/t16-/m0/s1. The van der Waals surface area contributed by atoms with E-state index in [9.17, 15) is 9.59 Å². The van der Waals surface area contributed by atoms with Gasteiger partial charge in [-0.25, -0.2) is 0 Å². The summed E-state index contributed by atoms with van der Waals surface area (Å²) in [6, 6.07) is 12.1. The van der Waals surface area contributed by atoms with Gasteiger partial charge < -0.3 is 10.2 Å². The summed E-state index contributed by atoms with van der Waals surface area (Å²) in [6.45, 7) is 5.76. The van der Waals surface area contributed by atoms with Gasteiger partial charge in [0.15, 0.2) is 0 Å². The molecule has 0 radical (unpaired) electrons. The number of nitrogens with one attached hydrogen (secondary N) is 1. The Morgan fingerprint density at radius 3 is 2.26 bits per heavy atom. The Bertz CT molecular complexity index is 891. The van der Waals surface area contributed by atoms with Crippen LogP contribution < -0.4 is 5.32 Å². The maximum absolute atomic E-state index is 13.1. The molecule has 0 fully saturated rings. The van der Waals surface area contributed by atoms with Crippen molar-refractivity contribution in [2.75, 3.05) is 5.75 Å². The number of benzene rings is 2. The van der Waals surface area contributed by atoms with Gasteiger partial charge in [-0.2, -0.15) is 0 Å². The highest BCUT2D eigenvalue weighted by Crippen LogP contribution is 2.25. The van der Waals surface area contributed by atoms with E-state index in [4.69, 9.17) is 34.8 Å². The van der Waals surface area contributed by atoms with Crippen LogP contribution in [-0.2, 0) is 16.1 Å². The minimum absolute atomic E-state index is 0.0122. The third-order valence-electron chi connectivity index (χ3n) is 4.57. The molecule has 8 heteroatoms. The van der Waals surface area contributed by atoms with E-state index in [-0.39, 0.29) is 24.4 Å². The molecule has 0 aliphatic rings. The van der Waals surface area contributed by atoms with Crippen molar-refractivity contribution in [3.8, 4) is 0 Å². The number of rotatable bonds is 10. The second-order valence-corrected chi connectivity index (χ2v) is 9.95. The van der Waals surface area contributed by atoms with Crippen molar-refractivity contribution in [2.24, 2.45) is 0 Å². The molecule has 2 aromatic carbocycles. The Morgan fingerprint density at radius 2 is 1.65 bits per heavy atom. The molecule has 2 amide bonds. The topological polar surface area (TPSA) is 49.4 Å². The number of carbonyl (C=O) groups is 2. The van der Waals surface area contributed by atoms with Gasteiger partial charge in [0.1, 0.15) is 6.04 Å². The van der Waals surface area contributed by atoms with Crippen molar-refractivity contribution < 1.29 is 9.59 Å². The molecule has 0 heterocycles. The second kappa shape index (κ2) is 12.6. The van der Waals surface area contributed by atoms with Gasteiger partial charge in [0.2, 0.25) is 11.8 Å². The van der Waals surface area contributed by atoms with Crippen LogP contribution in [0, 0.1) is 0 Å². The molecule has 0 aromatic heterocycles. The summed E-state index contributed by atoms with van der Waals surface area (Å²) in [7, 11) is 0. The van der Waals surface area contributed by atoms with Gasteiger partial charge in [0.05, 0.1) is 0 Å². The number of carbonyl (C=O) groups excluding carboxylic acids is 2. The summed E-state index contributed by atoms with van der Waals surface area (Å²) >= 11 is 19.9. The van der Waals surface area contributed by atoms with Crippen LogP contribution in [0.25, 0.3) is 0 Å². The first-order valence-corrected chi connectivity index (χ1v) is 12.2. The molecule has 31 heavy (non-hydrogen) atoms. The van der Waals surface area contributed by atoms with E-state index in [0.29, 0.717) is 27.9 Å². The first-order valence-electron chi connectivity index (χ1n) is 10.1. The summed E-state index contributed by atoms with van der Waals surface area (Å²) in [6.07, 6.45) is 1.03. The predicted octanol–water partition coefficient (Wildman–Crippen LogP) is 6.46. The molecule has 168 valence electrons. The molecule has 2 rings (SSSR count). The van der Waals surface area contributed by atoms with Crippen molar-refractivity contribution >= 4 is 58.4 Å². The van der Waals surface area contributed by atoms with Gasteiger partial charge in [-0.15, -0.1) is 11.8 Å². The van der Waals surface area contributed by atoms with Crippen LogP contribution in [-0.4, -0.2) is 34.6 Å². The Kier molecular flexibility index (Phi) is 10.5. The van der Waals surface area contributed by atoms with Crippen molar-refractivity contribution in [3.63, 3.8) is 0 Å². The van der Waals surface area contributed by atoms with Crippen LogP contribution in [0.5, 0.6) is 0 Å². The van der Waals surface area contributed by atoms with E-state index in [1.54, 1.807) is 41.8 Å². The van der Waals surface area contributed by atoms with Gasteiger partial charge in [0, 0.05) is 39.0 Å². The molecule has 4 nitrogen and oxygen atoms in total. The highest BCUT2D eigenvalue weighted by atomic mass is 35.5. The van der Waals surface area contributed by atoms with Crippen molar-refractivity contribution in [3.05, 3.63) is 63.1 Å². The molecule has 2 aromatic rings. The van der Waals surface area contributed by atoms with Crippen LogP contribution in [0.4, 0.5) is 0 Å². The number of halogens is 3. The molecule has 0 aliphatic carbocycles. The fourth-order valence-corrected chi connectivity index (χ4v) is 4.36. The molecule has 0 bridgehead atoms. The van der Waals surface area contributed by atoms with Crippen LogP contribution >= 0.6 is 46.6 Å². The molecule has 1 atom stereocenters.